The quantitative estimate of drug-likeness (QED) is 0.838. The van der Waals surface area contributed by atoms with Crippen LogP contribution in [-0.2, 0) is 9.53 Å². The molecule has 1 aliphatic heterocycles. The van der Waals surface area contributed by atoms with Gasteiger partial charge in [0.25, 0.3) is 0 Å². The van der Waals surface area contributed by atoms with Crippen LogP contribution < -0.4 is 0 Å². The first-order chi connectivity index (χ1) is 9.07. The maximum Gasteiger partial charge on any atom is 0.316 e. The third-order valence-electron chi connectivity index (χ3n) is 3.96. The van der Waals surface area contributed by atoms with Crippen molar-refractivity contribution in [1.29, 1.82) is 0 Å². The van der Waals surface area contributed by atoms with E-state index in [1.165, 1.54) is 7.11 Å². The van der Waals surface area contributed by atoms with Crippen molar-refractivity contribution in [2.75, 3.05) is 27.2 Å². The van der Waals surface area contributed by atoms with E-state index < -0.39 is 11.5 Å². The fraction of sp³-hybridized carbons (Fsp3) is 0.533. The molecule has 1 aromatic rings. The summed E-state index contributed by atoms with van der Waals surface area (Å²) in [6.07, 6.45) is 1.16. The van der Waals surface area contributed by atoms with E-state index in [1.807, 2.05) is 37.4 Å². The summed E-state index contributed by atoms with van der Waals surface area (Å²) in [5.41, 5.74) is -0.192. The average molecular weight is 263 g/mol. The van der Waals surface area contributed by atoms with Crippen LogP contribution in [0, 0.1) is 0 Å². The molecule has 2 rings (SSSR count). The van der Waals surface area contributed by atoms with E-state index in [1.54, 1.807) is 0 Å². The molecule has 1 atom stereocenters. The Kier molecular flexibility index (Phi) is 4.22. The summed E-state index contributed by atoms with van der Waals surface area (Å²) < 4.78 is 4.90. The van der Waals surface area contributed by atoms with Crippen molar-refractivity contribution in [1.82, 2.24) is 4.90 Å². The first-order valence-electron chi connectivity index (χ1n) is 6.60. The Balaban J connectivity index is 2.30. The summed E-state index contributed by atoms with van der Waals surface area (Å²) in [5, 5.41) is 10.9. The maximum atomic E-state index is 12.1. The Hall–Kier alpha value is -1.39. The molecule has 4 nitrogen and oxygen atoms in total. The van der Waals surface area contributed by atoms with Crippen LogP contribution >= 0.6 is 0 Å². The summed E-state index contributed by atoms with van der Waals surface area (Å²) in [6.45, 7) is 1.58. The number of benzene rings is 1. The van der Waals surface area contributed by atoms with Crippen molar-refractivity contribution < 1.29 is 14.6 Å². The van der Waals surface area contributed by atoms with Gasteiger partial charge in [0.2, 0.25) is 0 Å². The predicted octanol–water partition coefficient (Wildman–Crippen LogP) is 1.40. The number of carbonyl (C=O) groups is 1. The van der Waals surface area contributed by atoms with Crippen molar-refractivity contribution in [2.45, 2.75) is 24.4 Å². The number of hydrogen-bond acceptors (Lipinski definition) is 4. The Bertz CT molecular complexity index is 424. The average Bonchev–Trinajstić information content (AvgIpc) is 2.43. The maximum absolute atomic E-state index is 12.1. The van der Waals surface area contributed by atoms with Gasteiger partial charge in [-0.05, 0) is 25.5 Å². The summed E-state index contributed by atoms with van der Waals surface area (Å²) in [4.78, 5) is 14.3. The molecular formula is C15H21NO3. The Morgan fingerprint density at radius 3 is 2.42 bits per heavy atom. The zero-order valence-electron chi connectivity index (χ0n) is 11.5. The van der Waals surface area contributed by atoms with E-state index in [9.17, 15) is 9.90 Å². The van der Waals surface area contributed by atoms with Crippen LogP contribution in [0.3, 0.4) is 0 Å². The first-order valence-corrected chi connectivity index (χ1v) is 6.60. The highest BCUT2D eigenvalue weighted by Crippen LogP contribution is 2.37. The highest BCUT2D eigenvalue weighted by molar-refractivity contribution is 5.79. The standard InChI is InChI=1S/C15H21NO3/c1-16-10-8-15(18,9-11-16)13(14(17)19-2)12-6-4-3-5-7-12/h3-7,13,18H,8-11H2,1-2H3/t13-/m0/s1. The molecule has 0 radical (unpaired) electrons. The normalized spacial score (nSPS) is 20.8. The van der Waals surface area contributed by atoms with Crippen LogP contribution in [-0.4, -0.2) is 48.8 Å². The van der Waals surface area contributed by atoms with E-state index in [4.69, 9.17) is 4.74 Å². The van der Waals surface area contributed by atoms with Gasteiger partial charge in [-0.25, -0.2) is 0 Å². The number of ether oxygens (including phenoxy) is 1. The number of nitrogens with zero attached hydrogens (tertiary/aromatic N) is 1. The SMILES string of the molecule is COC(=O)[C@H](c1ccccc1)C1(O)CCN(C)CC1. The molecule has 0 spiro atoms. The second-order valence-corrected chi connectivity index (χ2v) is 5.27. The van der Waals surface area contributed by atoms with Crippen LogP contribution in [0.15, 0.2) is 30.3 Å². The van der Waals surface area contributed by atoms with Gasteiger partial charge < -0.3 is 14.7 Å². The lowest BCUT2D eigenvalue weighted by atomic mass is 9.76. The minimum Gasteiger partial charge on any atom is -0.468 e. The molecule has 1 saturated heterocycles. The molecule has 0 bridgehead atoms. The minimum atomic E-state index is -1.01. The van der Waals surface area contributed by atoms with E-state index in [2.05, 4.69) is 4.90 Å². The lowest BCUT2D eigenvalue weighted by Gasteiger charge is -2.40. The fourth-order valence-electron chi connectivity index (χ4n) is 2.72. The van der Waals surface area contributed by atoms with E-state index in [0.717, 1.165) is 18.7 Å². The molecule has 1 N–H and O–H groups in total. The molecule has 0 amide bonds. The summed E-state index contributed by atoms with van der Waals surface area (Å²) in [7, 11) is 3.39. The molecule has 0 unspecified atom stereocenters. The van der Waals surface area contributed by atoms with Crippen molar-refractivity contribution in [3.63, 3.8) is 0 Å². The number of esters is 1. The third kappa shape index (κ3) is 2.96. The second kappa shape index (κ2) is 5.72. The lowest BCUT2D eigenvalue weighted by Crippen LogP contribution is -2.49. The van der Waals surface area contributed by atoms with Gasteiger partial charge in [-0.2, -0.15) is 0 Å². The van der Waals surface area contributed by atoms with Crippen molar-refractivity contribution >= 4 is 5.97 Å². The molecule has 1 aliphatic rings. The third-order valence-corrected chi connectivity index (χ3v) is 3.96. The smallest absolute Gasteiger partial charge is 0.316 e. The van der Waals surface area contributed by atoms with Gasteiger partial charge >= 0.3 is 5.97 Å². The predicted molar refractivity (Wildman–Crippen MR) is 72.9 cm³/mol. The molecular weight excluding hydrogens is 242 g/mol. The van der Waals surface area contributed by atoms with E-state index >= 15 is 0 Å². The highest BCUT2D eigenvalue weighted by Gasteiger charge is 2.44. The number of likely N-dealkylation sites (tertiary alicyclic amines) is 1. The first kappa shape index (κ1) is 14.0. The van der Waals surface area contributed by atoms with Gasteiger partial charge in [0.05, 0.1) is 12.7 Å². The van der Waals surface area contributed by atoms with Gasteiger partial charge in [-0.1, -0.05) is 30.3 Å². The molecule has 4 heteroatoms. The molecule has 0 aromatic heterocycles. The second-order valence-electron chi connectivity index (χ2n) is 5.27. The van der Waals surface area contributed by atoms with Gasteiger partial charge in [0.1, 0.15) is 5.92 Å². The molecule has 19 heavy (non-hydrogen) atoms. The minimum absolute atomic E-state index is 0.363. The monoisotopic (exact) mass is 263 g/mol. The number of hydrogen-bond donors (Lipinski definition) is 1. The molecule has 1 aromatic carbocycles. The highest BCUT2D eigenvalue weighted by atomic mass is 16.5. The lowest BCUT2D eigenvalue weighted by molar-refractivity contribution is -0.152. The molecule has 1 fully saturated rings. The summed E-state index contributed by atoms with van der Waals surface area (Å²) in [6, 6.07) is 9.40. The molecule has 1 heterocycles. The Morgan fingerprint density at radius 1 is 1.32 bits per heavy atom. The van der Waals surface area contributed by atoms with Crippen molar-refractivity contribution in [2.24, 2.45) is 0 Å². The van der Waals surface area contributed by atoms with E-state index in [-0.39, 0.29) is 5.97 Å². The van der Waals surface area contributed by atoms with Gasteiger partial charge in [-0.15, -0.1) is 0 Å². The number of carbonyl (C=O) groups excluding carboxylic acids is 1. The van der Waals surface area contributed by atoms with Crippen LogP contribution in [0.25, 0.3) is 0 Å². The Labute approximate surface area is 114 Å². The zero-order chi connectivity index (χ0) is 13.9. The summed E-state index contributed by atoms with van der Waals surface area (Å²) in [5.74, 6) is -0.967. The van der Waals surface area contributed by atoms with Crippen LogP contribution in [0.5, 0.6) is 0 Å². The summed E-state index contributed by atoms with van der Waals surface area (Å²) >= 11 is 0. The number of rotatable bonds is 3. The van der Waals surface area contributed by atoms with Gasteiger partial charge in [-0.3, -0.25) is 4.79 Å². The molecule has 104 valence electrons. The molecule has 0 aliphatic carbocycles. The number of methoxy groups -OCH3 is 1. The topological polar surface area (TPSA) is 49.8 Å². The number of aliphatic hydroxyl groups is 1. The Morgan fingerprint density at radius 2 is 1.89 bits per heavy atom. The largest absolute Gasteiger partial charge is 0.468 e. The van der Waals surface area contributed by atoms with Crippen LogP contribution in [0.2, 0.25) is 0 Å². The molecule has 0 saturated carbocycles. The van der Waals surface area contributed by atoms with Crippen molar-refractivity contribution in [3.8, 4) is 0 Å². The van der Waals surface area contributed by atoms with Gasteiger partial charge in [0.15, 0.2) is 0 Å². The zero-order valence-corrected chi connectivity index (χ0v) is 11.5. The van der Waals surface area contributed by atoms with Crippen LogP contribution in [0.1, 0.15) is 24.3 Å². The number of piperidine rings is 1. The van der Waals surface area contributed by atoms with Gasteiger partial charge in [0, 0.05) is 13.1 Å². The van der Waals surface area contributed by atoms with E-state index in [0.29, 0.717) is 12.8 Å². The van der Waals surface area contributed by atoms with Crippen molar-refractivity contribution in [3.05, 3.63) is 35.9 Å². The fourth-order valence-corrected chi connectivity index (χ4v) is 2.72. The van der Waals surface area contributed by atoms with Crippen LogP contribution in [0.4, 0.5) is 0 Å².